The second kappa shape index (κ2) is 13.9. The van der Waals surface area contributed by atoms with Crippen molar-refractivity contribution in [3.05, 3.63) is 194 Å². The van der Waals surface area contributed by atoms with Gasteiger partial charge in [-0.15, -0.1) is 0 Å². The van der Waals surface area contributed by atoms with Gasteiger partial charge in [0, 0.05) is 60.4 Å². The van der Waals surface area contributed by atoms with Crippen LogP contribution in [0, 0.1) is 0 Å². The molecule has 0 bridgehead atoms. The lowest BCUT2D eigenvalue weighted by atomic mass is 10.0. The third-order valence-electron chi connectivity index (χ3n) is 11.9. The van der Waals surface area contributed by atoms with Crippen molar-refractivity contribution < 1.29 is 8.83 Å². The van der Waals surface area contributed by atoms with E-state index in [1.807, 2.05) is 109 Å². The number of nitrogens with zero attached hydrogens (tertiary/aromatic N) is 6. The summed E-state index contributed by atoms with van der Waals surface area (Å²) in [5.41, 5.74) is 12.0. The van der Waals surface area contributed by atoms with Gasteiger partial charge in [0.1, 0.15) is 28.0 Å². The molecule has 0 spiro atoms. The summed E-state index contributed by atoms with van der Waals surface area (Å²) in [6.07, 6.45) is 0. The summed E-state index contributed by atoms with van der Waals surface area (Å²) in [6, 6.07) is 65.8. The molecule has 0 amide bonds. The summed E-state index contributed by atoms with van der Waals surface area (Å²) in [4.78, 5) is 25.7. The maximum atomic E-state index is 6.65. The molecule has 5 aromatic heterocycles. The number of aromatic nitrogens is 6. The lowest BCUT2D eigenvalue weighted by molar-refractivity contribution is 0.667. The Hall–Kier alpha value is -8.75. The highest BCUT2D eigenvalue weighted by Gasteiger charge is 2.22. The van der Waals surface area contributed by atoms with Crippen LogP contribution in [0.4, 0.5) is 0 Å². The van der Waals surface area contributed by atoms with E-state index in [-0.39, 0.29) is 0 Å². The predicted octanol–water partition coefficient (Wildman–Crippen LogP) is 13.9. The van der Waals surface area contributed by atoms with Crippen LogP contribution in [0.3, 0.4) is 0 Å². The van der Waals surface area contributed by atoms with Gasteiger partial charge in [-0.25, -0.2) is 24.9 Å². The molecule has 13 aromatic rings. The molecule has 0 aliphatic carbocycles. The number of benzene rings is 8. The minimum absolute atomic E-state index is 0.549. The molecule has 8 heteroatoms. The minimum atomic E-state index is 0.549. The summed E-state index contributed by atoms with van der Waals surface area (Å²) in [5.74, 6) is 2.28. The fourth-order valence-electron chi connectivity index (χ4n) is 8.97. The Kier molecular flexibility index (Phi) is 7.74. The standard InChI is InChI=1S/C55H32N6O2/c1-4-15-33(16-5-1)49-51-50(41-22-11-13-25-45(41)63-51)57-53(56-49)36-28-30-40-47(32-36)62-46-26-14-23-42(48(40)46)55-59-52(34-17-6-2-7-18-34)58-54(60-55)35-27-29-39-38-21-10-12-24-43(38)61(44(39)31-35)37-19-8-3-9-20-37/h1-32H. The lowest BCUT2D eigenvalue weighted by Gasteiger charge is -2.11. The van der Waals surface area contributed by atoms with Gasteiger partial charge in [-0.2, -0.15) is 0 Å². The van der Waals surface area contributed by atoms with Crippen LogP contribution in [0.5, 0.6) is 0 Å². The third kappa shape index (κ3) is 5.66. The normalized spacial score (nSPS) is 11.8. The van der Waals surface area contributed by atoms with Crippen LogP contribution in [0.25, 0.3) is 128 Å². The summed E-state index contributed by atoms with van der Waals surface area (Å²) in [5, 5.41) is 5.12. The molecule has 0 unspecified atom stereocenters. The summed E-state index contributed by atoms with van der Waals surface area (Å²) < 4.78 is 15.3. The van der Waals surface area contributed by atoms with E-state index in [1.54, 1.807) is 0 Å². The Morgan fingerprint density at radius 1 is 0.349 bits per heavy atom. The second-order valence-electron chi connectivity index (χ2n) is 15.6. The van der Waals surface area contributed by atoms with Crippen molar-refractivity contribution in [2.45, 2.75) is 0 Å². The van der Waals surface area contributed by atoms with E-state index in [9.17, 15) is 0 Å². The van der Waals surface area contributed by atoms with Gasteiger partial charge in [-0.3, -0.25) is 0 Å². The van der Waals surface area contributed by atoms with Gasteiger partial charge in [-0.1, -0.05) is 140 Å². The molecule has 294 valence electrons. The maximum Gasteiger partial charge on any atom is 0.180 e. The monoisotopic (exact) mass is 808 g/mol. The molecule has 0 saturated carbocycles. The molecule has 0 N–H and O–H groups in total. The molecular weight excluding hydrogens is 777 g/mol. The zero-order valence-corrected chi connectivity index (χ0v) is 33.5. The van der Waals surface area contributed by atoms with Gasteiger partial charge < -0.3 is 13.4 Å². The van der Waals surface area contributed by atoms with Gasteiger partial charge >= 0.3 is 0 Å². The molecule has 13 rings (SSSR count). The first-order valence-corrected chi connectivity index (χ1v) is 20.8. The predicted molar refractivity (Wildman–Crippen MR) is 251 cm³/mol. The fraction of sp³-hybridized carbons (Fsp3) is 0. The van der Waals surface area contributed by atoms with Crippen LogP contribution in [0.1, 0.15) is 0 Å². The van der Waals surface area contributed by atoms with E-state index in [0.29, 0.717) is 34.5 Å². The van der Waals surface area contributed by atoms with Crippen LogP contribution >= 0.6 is 0 Å². The van der Waals surface area contributed by atoms with Crippen LogP contribution in [0.15, 0.2) is 203 Å². The number of hydrogen-bond donors (Lipinski definition) is 0. The third-order valence-corrected chi connectivity index (χ3v) is 11.9. The van der Waals surface area contributed by atoms with E-state index in [4.69, 9.17) is 33.8 Å². The summed E-state index contributed by atoms with van der Waals surface area (Å²) in [7, 11) is 0. The summed E-state index contributed by atoms with van der Waals surface area (Å²) in [6.45, 7) is 0. The second-order valence-corrected chi connectivity index (χ2v) is 15.6. The van der Waals surface area contributed by atoms with Crippen molar-refractivity contribution in [1.82, 2.24) is 29.5 Å². The largest absolute Gasteiger partial charge is 0.456 e. The van der Waals surface area contributed by atoms with Gasteiger partial charge in [0.2, 0.25) is 0 Å². The van der Waals surface area contributed by atoms with Crippen molar-refractivity contribution in [3.63, 3.8) is 0 Å². The van der Waals surface area contributed by atoms with E-state index in [2.05, 4.69) is 89.5 Å². The minimum Gasteiger partial charge on any atom is -0.456 e. The number of furan rings is 2. The van der Waals surface area contributed by atoms with E-state index < -0.39 is 0 Å². The van der Waals surface area contributed by atoms with Crippen LogP contribution in [0.2, 0.25) is 0 Å². The lowest BCUT2D eigenvalue weighted by Crippen LogP contribution is -2.00. The molecule has 0 fully saturated rings. The molecule has 5 heterocycles. The molecule has 0 atom stereocenters. The summed E-state index contributed by atoms with van der Waals surface area (Å²) >= 11 is 0. The van der Waals surface area contributed by atoms with Crippen molar-refractivity contribution in [3.8, 4) is 62.5 Å². The first-order valence-electron chi connectivity index (χ1n) is 20.8. The van der Waals surface area contributed by atoms with Gasteiger partial charge in [0.25, 0.3) is 0 Å². The maximum absolute atomic E-state index is 6.65. The van der Waals surface area contributed by atoms with Crippen molar-refractivity contribution in [2.24, 2.45) is 0 Å². The first kappa shape index (κ1) is 35.0. The quantitative estimate of drug-likeness (QED) is 0.165. The molecular formula is C55H32N6O2. The topological polar surface area (TPSA) is 95.7 Å². The van der Waals surface area contributed by atoms with Crippen LogP contribution in [-0.4, -0.2) is 29.5 Å². The zero-order chi connectivity index (χ0) is 41.4. The average Bonchev–Trinajstić information content (AvgIpc) is 4.03. The molecule has 0 aliphatic heterocycles. The number of rotatable bonds is 6. The molecule has 8 nitrogen and oxygen atoms in total. The Morgan fingerprint density at radius 3 is 1.76 bits per heavy atom. The smallest absolute Gasteiger partial charge is 0.180 e. The number of para-hydroxylation sites is 3. The fourth-order valence-corrected chi connectivity index (χ4v) is 8.97. The van der Waals surface area contributed by atoms with Crippen molar-refractivity contribution >= 4 is 65.8 Å². The highest BCUT2D eigenvalue weighted by Crippen LogP contribution is 2.41. The van der Waals surface area contributed by atoms with Gasteiger partial charge in [0.15, 0.2) is 28.9 Å². The van der Waals surface area contributed by atoms with Crippen molar-refractivity contribution in [1.29, 1.82) is 0 Å². The number of hydrogen-bond acceptors (Lipinski definition) is 7. The molecule has 0 saturated heterocycles. The van der Waals surface area contributed by atoms with Gasteiger partial charge in [-0.05, 0) is 54.6 Å². The van der Waals surface area contributed by atoms with Crippen LogP contribution < -0.4 is 0 Å². The van der Waals surface area contributed by atoms with Crippen LogP contribution in [-0.2, 0) is 0 Å². The van der Waals surface area contributed by atoms with E-state index >= 15 is 0 Å². The Morgan fingerprint density at radius 2 is 0.952 bits per heavy atom. The van der Waals surface area contributed by atoms with Gasteiger partial charge in [0.05, 0.1) is 11.0 Å². The average molecular weight is 809 g/mol. The van der Waals surface area contributed by atoms with E-state index in [0.717, 1.165) is 88.5 Å². The number of fused-ring (bicyclic) bond motifs is 9. The van der Waals surface area contributed by atoms with E-state index in [1.165, 1.54) is 5.39 Å². The Balaban J connectivity index is 0.986. The SMILES string of the molecule is c1ccc(-c2nc(-c3ccc4c5ccccc5n(-c5ccccc5)c4c3)nc(-c3cccc4oc5cc(-c6nc(-c7ccccc7)c7oc8ccccc8c7n6)ccc5c34)n2)cc1. The molecule has 63 heavy (non-hydrogen) atoms. The first-order chi connectivity index (χ1) is 31.2. The molecule has 8 aromatic carbocycles. The highest BCUT2D eigenvalue weighted by molar-refractivity contribution is 6.13. The van der Waals surface area contributed by atoms with Crippen molar-refractivity contribution in [2.75, 3.05) is 0 Å². The zero-order valence-electron chi connectivity index (χ0n) is 33.5. The highest BCUT2D eigenvalue weighted by atomic mass is 16.3. The molecule has 0 radical (unpaired) electrons. The molecule has 0 aliphatic rings. The Labute approximate surface area is 359 Å². The Bertz CT molecular complexity index is 3910.